The van der Waals surface area contributed by atoms with E-state index in [2.05, 4.69) is 62.5 Å². The smallest absolute Gasteiger partial charge is 0.123 e. The zero-order chi connectivity index (χ0) is 14.8. The van der Waals surface area contributed by atoms with Crippen molar-refractivity contribution in [2.45, 2.75) is 39.3 Å². The van der Waals surface area contributed by atoms with Crippen molar-refractivity contribution in [3.63, 3.8) is 0 Å². The van der Waals surface area contributed by atoms with Gasteiger partial charge in [-0.1, -0.05) is 36.4 Å². The molecule has 3 rings (SSSR count). The third-order valence-corrected chi connectivity index (χ3v) is 4.40. The first-order chi connectivity index (χ1) is 10.1. The van der Waals surface area contributed by atoms with Crippen molar-refractivity contribution in [3.8, 4) is 5.75 Å². The minimum Gasteiger partial charge on any atom is -0.488 e. The predicted octanol–water partition coefficient (Wildman–Crippen LogP) is 3.96. The van der Waals surface area contributed by atoms with Crippen molar-refractivity contribution in [1.82, 2.24) is 5.32 Å². The highest BCUT2D eigenvalue weighted by atomic mass is 16.5. The van der Waals surface area contributed by atoms with Gasteiger partial charge in [-0.2, -0.15) is 0 Å². The SMILES string of the molecule is Cc1ccc(C(C)NCC2Cc3ccccc3O2)cc1C. The Hall–Kier alpha value is -1.80. The fraction of sp³-hybridized carbons (Fsp3) is 0.368. The molecular formula is C19H23NO. The fourth-order valence-electron chi connectivity index (χ4n) is 2.83. The molecule has 0 aliphatic carbocycles. The first-order valence-electron chi connectivity index (χ1n) is 7.68. The summed E-state index contributed by atoms with van der Waals surface area (Å²) in [6, 6.07) is 15.4. The quantitative estimate of drug-likeness (QED) is 0.916. The molecule has 2 heteroatoms. The topological polar surface area (TPSA) is 21.3 Å². The monoisotopic (exact) mass is 281 g/mol. The lowest BCUT2D eigenvalue weighted by Crippen LogP contribution is -2.31. The number of benzene rings is 2. The number of para-hydroxylation sites is 1. The summed E-state index contributed by atoms with van der Waals surface area (Å²) in [5.74, 6) is 1.04. The van der Waals surface area contributed by atoms with Crippen LogP contribution in [0.3, 0.4) is 0 Å². The number of hydrogen-bond donors (Lipinski definition) is 1. The van der Waals surface area contributed by atoms with Gasteiger partial charge in [-0.15, -0.1) is 0 Å². The highest BCUT2D eigenvalue weighted by Crippen LogP contribution is 2.28. The molecule has 0 amide bonds. The van der Waals surface area contributed by atoms with Gasteiger partial charge in [0.15, 0.2) is 0 Å². The molecule has 0 bridgehead atoms. The van der Waals surface area contributed by atoms with Crippen LogP contribution < -0.4 is 10.1 Å². The maximum Gasteiger partial charge on any atom is 0.123 e. The summed E-state index contributed by atoms with van der Waals surface area (Å²) in [4.78, 5) is 0. The van der Waals surface area contributed by atoms with Gasteiger partial charge in [-0.3, -0.25) is 0 Å². The van der Waals surface area contributed by atoms with Crippen LogP contribution in [0.15, 0.2) is 42.5 Å². The van der Waals surface area contributed by atoms with Crippen molar-refractivity contribution in [2.75, 3.05) is 6.54 Å². The molecule has 0 fully saturated rings. The molecule has 2 aromatic rings. The minimum absolute atomic E-state index is 0.247. The average molecular weight is 281 g/mol. The number of ether oxygens (including phenoxy) is 1. The summed E-state index contributed by atoms with van der Waals surface area (Å²) in [6.45, 7) is 7.41. The molecule has 2 unspecified atom stereocenters. The minimum atomic E-state index is 0.247. The molecule has 2 aromatic carbocycles. The second-order valence-corrected chi connectivity index (χ2v) is 6.03. The molecule has 0 spiro atoms. The lowest BCUT2D eigenvalue weighted by molar-refractivity contribution is 0.222. The van der Waals surface area contributed by atoms with Crippen LogP contribution in [0.2, 0.25) is 0 Å². The summed E-state index contributed by atoms with van der Waals surface area (Å²) in [6.07, 6.45) is 1.25. The van der Waals surface area contributed by atoms with Gasteiger partial charge in [0.25, 0.3) is 0 Å². The molecule has 1 aliphatic heterocycles. The van der Waals surface area contributed by atoms with Crippen LogP contribution >= 0.6 is 0 Å². The molecule has 2 nitrogen and oxygen atoms in total. The Labute approximate surface area is 127 Å². The van der Waals surface area contributed by atoms with E-state index in [0.717, 1.165) is 18.7 Å². The number of hydrogen-bond acceptors (Lipinski definition) is 2. The van der Waals surface area contributed by atoms with E-state index in [1.165, 1.54) is 22.3 Å². The fourth-order valence-corrected chi connectivity index (χ4v) is 2.83. The average Bonchev–Trinajstić information content (AvgIpc) is 2.90. The number of fused-ring (bicyclic) bond motifs is 1. The van der Waals surface area contributed by atoms with E-state index in [0.29, 0.717) is 6.04 Å². The van der Waals surface area contributed by atoms with Gasteiger partial charge >= 0.3 is 0 Å². The number of rotatable bonds is 4. The van der Waals surface area contributed by atoms with Crippen molar-refractivity contribution >= 4 is 0 Å². The summed E-state index contributed by atoms with van der Waals surface area (Å²) in [5.41, 5.74) is 5.36. The zero-order valence-corrected chi connectivity index (χ0v) is 13.0. The summed E-state index contributed by atoms with van der Waals surface area (Å²) >= 11 is 0. The van der Waals surface area contributed by atoms with Crippen LogP contribution in [0.4, 0.5) is 0 Å². The Morgan fingerprint density at radius 2 is 1.95 bits per heavy atom. The second kappa shape index (κ2) is 5.90. The highest BCUT2D eigenvalue weighted by molar-refractivity contribution is 5.37. The van der Waals surface area contributed by atoms with Crippen molar-refractivity contribution < 1.29 is 4.74 Å². The highest BCUT2D eigenvalue weighted by Gasteiger charge is 2.22. The Bertz CT molecular complexity index is 610. The van der Waals surface area contributed by atoms with Crippen molar-refractivity contribution in [3.05, 3.63) is 64.7 Å². The van der Waals surface area contributed by atoms with Gasteiger partial charge < -0.3 is 10.1 Å². The van der Waals surface area contributed by atoms with E-state index in [4.69, 9.17) is 4.74 Å². The van der Waals surface area contributed by atoms with E-state index < -0.39 is 0 Å². The lowest BCUT2D eigenvalue weighted by atomic mass is 10.0. The number of aryl methyl sites for hydroxylation is 2. The van der Waals surface area contributed by atoms with E-state index >= 15 is 0 Å². The van der Waals surface area contributed by atoms with E-state index in [-0.39, 0.29) is 6.10 Å². The summed E-state index contributed by atoms with van der Waals surface area (Å²) < 4.78 is 5.97. The molecule has 2 atom stereocenters. The van der Waals surface area contributed by atoms with Gasteiger partial charge in [0, 0.05) is 19.0 Å². The van der Waals surface area contributed by atoms with Gasteiger partial charge in [0.1, 0.15) is 11.9 Å². The Morgan fingerprint density at radius 1 is 1.14 bits per heavy atom. The van der Waals surface area contributed by atoms with Crippen LogP contribution in [0.5, 0.6) is 5.75 Å². The van der Waals surface area contributed by atoms with Crippen LogP contribution in [0.25, 0.3) is 0 Å². The maximum absolute atomic E-state index is 5.97. The molecule has 0 saturated carbocycles. The van der Waals surface area contributed by atoms with Gasteiger partial charge in [-0.05, 0) is 49.1 Å². The maximum atomic E-state index is 5.97. The van der Waals surface area contributed by atoms with Crippen LogP contribution in [-0.4, -0.2) is 12.6 Å². The third-order valence-electron chi connectivity index (χ3n) is 4.40. The second-order valence-electron chi connectivity index (χ2n) is 6.03. The first-order valence-corrected chi connectivity index (χ1v) is 7.68. The number of nitrogens with one attached hydrogen (secondary N) is 1. The molecule has 1 aliphatic rings. The molecule has 110 valence electrons. The summed E-state index contributed by atoms with van der Waals surface area (Å²) in [7, 11) is 0. The zero-order valence-electron chi connectivity index (χ0n) is 13.0. The van der Waals surface area contributed by atoms with E-state index in [9.17, 15) is 0 Å². The molecular weight excluding hydrogens is 258 g/mol. The van der Waals surface area contributed by atoms with E-state index in [1.807, 2.05) is 6.07 Å². The molecule has 21 heavy (non-hydrogen) atoms. The van der Waals surface area contributed by atoms with Crippen LogP contribution in [-0.2, 0) is 6.42 Å². The van der Waals surface area contributed by atoms with Crippen LogP contribution in [0.1, 0.15) is 35.2 Å². The van der Waals surface area contributed by atoms with Gasteiger partial charge in [0.2, 0.25) is 0 Å². The van der Waals surface area contributed by atoms with Gasteiger partial charge in [0.05, 0.1) is 0 Å². The molecule has 0 radical (unpaired) electrons. The van der Waals surface area contributed by atoms with Crippen LogP contribution in [0, 0.1) is 13.8 Å². The Morgan fingerprint density at radius 3 is 2.71 bits per heavy atom. The molecule has 0 aromatic heterocycles. The molecule has 1 N–H and O–H groups in total. The van der Waals surface area contributed by atoms with Crippen molar-refractivity contribution in [2.24, 2.45) is 0 Å². The Balaban J connectivity index is 1.57. The predicted molar refractivity (Wildman–Crippen MR) is 86.9 cm³/mol. The Kier molecular flexibility index (Phi) is 3.98. The van der Waals surface area contributed by atoms with E-state index in [1.54, 1.807) is 0 Å². The standard InChI is InChI=1S/C19H23NO/c1-13-8-9-16(10-14(13)2)15(3)20-12-18-11-17-6-4-5-7-19(17)21-18/h4-10,15,18,20H,11-12H2,1-3H3. The van der Waals surface area contributed by atoms with Crippen molar-refractivity contribution in [1.29, 1.82) is 0 Å². The molecule has 1 heterocycles. The first kappa shape index (κ1) is 14.2. The largest absolute Gasteiger partial charge is 0.488 e. The molecule has 0 saturated heterocycles. The lowest BCUT2D eigenvalue weighted by Gasteiger charge is -2.18. The normalized spacial score (nSPS) is 18.1. The van der Waals surface area contributed by atoms with Gasteiger partial charge in [-0.25, -0.2) is 0 Å². The third kappa shape index (κ3) is 3.11. The summed E-state index contributed by atoms with van der Waals surface area (Å²) in [5, 5.41) is 3.60.